The van der Waals surface area contributed by atoms with Crippen LogP contribution in [0.4, 0.5) is 8.78 Å². The first-order valence-corrected chi connectivity index (χ1v) is 8.24. The van der Waals surface area contributed by atoms with Crippen LogP contribution in [0.2, 0.25) is 5.02 Å². The van der Waals surface area contributed by atoms with Crippen LogP contribution >= 0.6 is 11.6 Å². The molecule has 130 valence electrons. The fourth-order valence-corrected chi connectivity index (χ4v) is 2.30. The Morgan fingerprint density at radius 2 is 1.71 bits per heavy atom. The molecule has 0 radical (unpaired) electrons. The molecule has 2 rings (SSSR count). The van der Waals surface area contributed by atoms with Crippen molar-refractivity contribution < 1.29 is 18.3 Å². The molecule has 0 amide bonds. The first kappa shape index (κ1) is 18.8. The van der Waals surface area contributed by atoms with Crippen LogP contribution < -0.4 is 0 Å². The predicted octanol–water partition coefficient (Wildman–Crippen LogP) is 5.30. The fraction of sp³-hybridized carbons (Fsp3) is 0.368. The Hall–Kier alpha value is -1.49. The van der Waals surface area contributed by atoms with E-state index in [2.05, 4.69) is 0 Å². The molecule has 0 atom stereocenters. The molecule has 2 aromatic carbocycles. The van der Waals surface area contributed by atoms with Crippen molar-refractivity contribution in [3.05, 3.63) is 69.7 Å². The summed E-state index contributed by atoms with van der Waals surface area (Å²) in [6, 6.07) is 10.1. The van der Waals surface area contributed by atoms with Gasteiger partial charge < -0.3 is 9.47 Å². The molecule has 0 bridgehead atoms. The van der Waals surface area contributed by atoms with Gasteiger partial charge in [0, 0.05) is 10.6 Å². The van der Waals surface area contributed by atoms with E-state index in [4.69, 9.17) is 21.1 Å². The van der Waals surface area contributed by atoms with Crippen molar-refractivity contribution in [2.75, 3.05) is 6.61 Å². The zero-order chi connectivity index (χ0) is 17.5. The molecule has 24 heavy (non-hydrogen) atoms. The number of halogens is 3. The number of ether oxygens (including phenoxy) is 2. The van der Waals surface area contributed by atoms with Crippen LogP contribution in [0.25, 0.3) is 0 Å². The van der Waals surface area contributed by atoms with E-state index in [0.29, 0.717) is 30.2 Å². The highest BCUT2D eigenvalue weighted by molar-refractivity contribution is 6.30. The topological polar surface area (TPSA) is 18.5 Å². The van der Waals surface area contributed by atoms with Crippen LogP contribution in [0.15, 0.2) is 36.4 Å². The van der Waals surface area contributed by atoms with Gasteiger partial charge >= 0.3 is 0 Å². The molecule has 0 saturated heterocycles. The van der Waals surface area contributed by atoms with Crippen molar-refractivity contribution in [2.24, 2.45) is 0 Å². The molecule has 0 aliphatic rings. The van der Waals surface area contributed by atoms with E-state index in [0.717, 1.165) is 5.56 Å². The average molecular weight is 355 g/mol. The molecule has 0 aliphatic heterocycles. The monoisotopic (exact) mass is 354 g/mol. The highest BCUT2D eigenvalue weighted by Crippen LogP contribution is 2.19. The smallest absolute Gasteiger partial charge is 0.134 e. The summed E-state index contributed by atoms with van der Waals surface area (Å²) in [4.78, 5) is 0. The Kier molecular flexibility index (Phi) is 7.16. The standard InChI is InChI=1S/C19H21ClF2O2/c1-13(2)24-12-17-18(21)8-5-15(19(17)22)9-10-23-11-14-3-6-16(20)7-4-14/h3-8,13H,9-12H2,1-2H3. The molecule has 0 heterocycles. The molecule has 0 unspecified atom stereocenters. The quantitative estimate of drug-likeness (QED) is 0.599. The highest BCUT2D eigenvalue weighted by atomic mass is 35.5. The van der Waals surface area contributed by atoms with Crippen molar-refractivity contribution in [3.8, 4) is 0 Å². The predicted molar refractivity (Wildman–Crippen MR) is 91.1 cm³/mol. The summed E-state index contributed by atoms with van der Waals surface area (Å²) < 4.78 is 39.0. The van der Waals surface area contributed by atoms with Gasteiger partial charge in [-0.25, -0.2) is 8.78 Å². The molecule has 2 aromatic rings. The summed E-state index contributed by atoms with van der Waals surface area (Å²) in [7, 11) is 0. The van der Waals surface area contributed by atoms with Crippen molar-refractivity contribution in [1.82, 2.24) is 0 Å². The van der Waals surface area contributed by atoms with Crippen LogP contribution in [-0.4, -0.2) is 12.7 Å². The molecule has 0 N–H and O–H groups in total. The first-order valence-electron chi connectivity index (χ1n) is 7.87. The lowest BCUT2D eigenvalue weighted by molar-refractivity contribution is 0.0618. The summed E-state index contributed by atoms with van der Waals surface area (Å²) >= 11 is 5.82. The van der Waals surface area contributed by atoms with Gasteiger partial charge in [-0.3, -0.25) is 0 Å². The van der Waals surface area contributed by atoms with Gasteiger partial charge in [0.05, 0.1) is 25.9 Å². The molecule has 5 heteroatoms. The Labute approximate surface area is 146 Å². The first-order chi connectivity index (χ1) is 11.5. The van der Waals surface area contributed by atoms with Crippen LogP contribution in [0.5, 0.6) is 0 Å². The van der Waals surface area contributed by atoms with Gasteiger partial charge in [0.1, 0.15) is 11.6 Å². The van der Waals surface area contributed by atoms with E-state index in [1.165, 1.54) is 12.1 Å². The summed E-state index contributed by atoms with van der Waals surface area (Å²) in [5.74, 6) is -1.13. The minimum Gasteiger partial charge on any atom is -0.376 e. The summed E-state index contributed by atoms with van der Waals surface area (Å²) in [6.07, 6.45) is 0.282. The van der Waals surface area contributed by atoms with Gasteiger partial charge in [0.2, 0.25) is 0 Å². The lowest BCUT2D eigenvalue weighted by atomic mass is 10.1. The normalized spacial score (nSPS) is 11.2. The lowest BCUT2D eigenvalue weighted by Gasteiger charge is -2.12. The number of rotatable bonds is 8. The molecule has 0 saturated carbocycles. The summed E-state index contributed by atoms with van der Waals surface area (Å²) in [5.41, 5.74) is 1.39. The van der Waals surface area contributed by atoms with Gasteiger partial charge in [0.25, 0.3) is 0 Å². The number of benzene rings is 2. The molecule has 2 nitrogen and oxygen atoms in total. The van der Waals surface area contributed by atoms with E-state index in [9.17, 15) is 8.78 Å². The maximum Gasteiger partial charge on any atom is 0.134 e. The lowest BCUT2D eigenvalue weighted by Crippen LogP contribution is -2.09. The fourth-order valence-electron chi connectivity index (χ4n) is 2.17. The van der Waals surface area contributed by atoms with Crippen LogP contribution in [-0.2, 0) is 29.1 Å². The van der Waals surface area contributed by atoms with Gasteiger partial charge in [-0.05, 0) is 49.6 Å². The van der Waals surface area contributed by atoms with Crippen molar-refractivity contribution in [3.63, 3.8) is 0 Å². The zero-order valence-corrected chi connectivity index (χ0v) is 14.6. The van der Waals surface area contributed by atoms with Gasteiger partial charge in [0.15, 0.2) is 0 Å². The second-order valence-electron chi connectivity index (χ2n) is 5.79. The van der Waals surface area contributed by atoms with Gasteiger partial charge in [-0.15, -0.1) is 0 Å². The minimum atomic E-state index is -0.584. The van der Waals surface area contributed by atoms with Gasteiger partial charge in [-0.2, -0.15) is 0 Å². The second kappa shape index (κ2) is 9.11. The van der Waals surface area contributed by atoms with E-state index >= 15 is 0 Å². The zero-order valence-electron chi connectivity index (χ0n) is 13.8. The Morgan fingerprint density at radius 1 is 1.00 bits per heavy atom. The van der Waals surface area contributed by atoms with Crippen molar-refractivity contribution in [1.29, 1.82) is 0 Å². The molecule has 0 spiro atoms. The highest BCUT2D eigenvalue weighted by Gasteiger charge is 2.14. The summed E-state index contributed by atoms with van der Waals surface area (Å²) in [5, 5.41) is 0.670. The third kappa shape index (κ3) is 5.55. The van der Waals surface area contributed by atoms with Crippen LogP contribution in [0.1, 0.15) is 30.5 Å². The molecule has 0 aromatic heterocycles. The maximum absolute atomic E-state index is 14.4. The SMILES string of the molecule is CC(C)OCc1c(F)ccc(CCOCc2ccc(Cl)cc2)c1F. The molecule has 0 fully saturated rings. The average Bonchev–Trinajstić information content (AvgIpc) is 2.54. The molecular formula is C19H21ClF2O2. The van der Waals surface area contributed by atoms with Crippen LogP contribution in [0.3, 0.4) is 0 Å². The second-order valence-corrected chi connectivity index (χ2v) is 6.22. The van der Waals surface area contributed by atoms with Crippen LogP contribution in [0, 0.1) is 11.6 Å². The maximum atomic E-state index is 14.4. The third-order valence-electron chi connectivity index (χ3n) is 3.52. The largest absolute Gasteiger partial charge is 0.376 e. The van der Waals surface area contributed by atoms with E-state index < -0.39 is 11.6 Å². The number of hydrogen-bond donors (Lipinski definition) is 0. The van der Waals surface area contributed by atoms with Crippen molar-refractivity contribution >= 4 is 11.6 Å². The van der Waals surface area contributed by atoms with E-state index in [1.54, 1.807) is 12.1 Å². The van der Waals surface area contributed by atoms with Crippen molar-refractivity contribution in [2.45, 2.75) is 39.6 Å². The Bertz CT molecular complexity index is 657. The van der Waals surface area contributed by atoms with E-state index in [1.807, 2.05) is 26.0 Å². The molecular weight excluding hydrogens is 334 g/mol. The minimum absolute atomic E-state index is 0.0288. The van der Waals surface area contributed by atoms with Gasteiger partial charge in [-0.1, -0.05) is 29.8 Å². The molecule has 0 aliphatic carbocycles. The summed E-state index contributed by atoms with van der Waals surface area (Å²) in [6.45, 7) is 4.34. The third-order valence-corrected chi connectivity index (χ3v) is 3.78. The van der Waals surface area contributed by atoms with E-state index in [-0.39, 0.29) is 18.3 Å². The Balaban J connectivity index is 1.90. The Morgan fingerprint density at radius 3 is 2.38 bits per heavy atom. The number of hydrogen-bond acceptors (Lipinski definition) is 2.